The highest BCUT2D eigenvalue weighted by atomic mass is 31.3. The summed E-state index contributed by atoms with van der Waals surface area (Å²) in [5.74, 6) is 0. The third-order valence-electron chi connectivity index (χ3n) is 1.31. The molecule has 0 aromatic heterocycles. The number of phosphoric acid groups is 2. The Morgan fingerprint density at radius 2 is 1.88 bits per heavy atom. The van der Waals surface area contributed by atoms with Crippen molar-refractivity contribution >= 4 is 21.8 Å². The summed E-state index contributed by atoms with van der Waals surface area (Å²) in [4.78, 5) is 27.7. The van der Waals surface area contributed by atoms with Crippen molar-refractivity contribution in [3.05, 3.63) is 0 Å². The van der Waals surface area contributed by atoms with Gasteiger partial charge in [-0.05, 0) is 6.42 Å². The van der Waals surface area contributed by atoms with E-state index in [-0.39, 0.29) is 6.61 Å². The first-order valence-electron chi connectivity index (χ1n) is 4.51. The zero-order valence-corrected chi connectivity index (χ0v) is 11.1. The molecule has 0 saturated heterocycles. The number of hydrogen-bond donors (Lipinski definition) is 2. The molecule has 0 aromatic rings. The van der Waals surface area contributed by atoms with Gasteiger partial charge in [0.2, 0.25) is 0 Å². The molecule has 9 nitrogen and oxygen atoms in total. The molecule has 0 heterocycles. The normalized spacial score (nSPS) is 15.1. The van der Waals surface area contributed by atoms with Crippen LogP contribution in [0.15, 0.2) is 0 Å². The first-order valence-corrected chi connectivity index (χ1v) is 7.50. The maximum atomic E-state index is 11.6. The summed E-state index contributed by atoms with van der Waals surface area (Å²) < 4.78 is 38.6. The summed E-state index contributed by atoms with van der Waals surface area (Å²) in [6, 6.07) is 0. The predicted octanol–water partition coefficient (Wildman–Crippen LogP) is 1.80. The van der Waals surface area contributed by atoms with E-state index in [1.807, 2.05) is 0 Å². The molecule has 0 bridgehead atoms. The van der Waals surface area contributed by atoms with Gasteiger partial charge >= 0.3 is 21.8 Å². The van der Waals surface area contributed by atoms with Crippen LogP contribution in [-0.4, -0.2) is 29.7 Å². The van der Waals surface area contributed by atoms with Gasteiger partial charge in [0, 0.05) is 0 Å². The van der Waals surface area contributed by atoms with Crippen LogP contribution in [0.3, 0.4) is 0 Å². The number of ether oxygens (including phenoxy) is 1. The summed E-state index contributed by atoms with van der Waals surface area (Å²) >= 11 is 0. The fourth-order valence-electron chi connectivity index (χ4n) is 0.646. The lowest BCUT2D eigenvalue weighted by Gasteiger charge is -2.16. The third-order valence-corrected chi connectivity index (χ3v) is 3.83. The van der Waals surface area contributed by atoms with E-state index in [2.05, 4.69) is 18.1 Å². The van der Waals surface area contributed by atoms with Crippen molar-refractivity contribution in [3.63, 3.8) is 0 Å². The Labute approximate surface area is 97.9 Å². The molecule has 0 aliphatic heterocycles. The van der Waals surface area contributed by atoms with Crippen molar-refractivity contribution in [2.45, 2.75) is 19.8 Å². The SMILES string of the molecule is CCCCOP(=O)(OC(=O)OC)OP(=O)(O)O. The monoisotopic (exact) mass is 292 g/mol. The molecular formula is C6H14O9P2. The van der Waals surface area contributed by atoms with E-state index >= 15 is 0 Å². The highest BCUT2D eigenvalue weighted by Crippen LogP contribution is 2.61. The van der Waals surface area contributed by atoms with Crippen LogP contribution in [0.5, 0.6) is 0 Å². The van der Waals surface area contributed by atoms with E-state index in [0.717, 1.165) is 7.11 Å². The first-order chi connectivity index (χ1) is 7.72. The van der Waals surface area contributed by atoms with Crippen molar-refractivity contribution in [2.75, 3.05) is 13.7 Å². The summed E-state index contributed by atoms with van der Waals surface area (Å²) in [7, 11) is -8.88. The van der Waals surface area contributed by atoms with Crippen LogP contribution in [0.2, 0.25) is 0 Å². The van der Waals surface area contributed by atoms with Gasteiger partial charge in [0.05, 0.1) is 13.7 Å². The van der Waals surface area contributed by atoms with Gasteiger partial charge in [-0.1, -0.05) is 13.3 Å². The van der Waals surface area contributed by atoms with Crippen LogP contribution in [0.1, 0.15) is 19.8 Å². The summed E-state index contributed by atoms with van der Waals surface area (Å²) in [6.45, 7) is 1.66. The molecule has 1 atom stereocenters. The van der Waals surface area contributed by atoms with Gasteiger partial charge in [-0.25, -0.2) is 13.9 Å². The van der Waals surface area contributed by atoms with Crippen LogP contribution < -0.4 is 0 Å². The molecule has 0 aromatic carbocycles. The summed E-state index contributed by atoms with van der Waals surface area (Å²) in [5.41, 5.74) is 0. The predicted molar refractivity (Wildman–Crippen MR) is 55.1 cm³/mol. The number of unbranched alkanes of at least 4 members (excludes halogenated alkanes) is 1. The largest absolute Gasteiger partial charge is 0.543 e. The summed E-state index contributed by atoms with van der Waals surface area (Å²) in [5, 5.41) is 0. The van der Waals surface area contributed by atoms with E-state index in [9.17, 15) is 13.9 Å². The average molecular weight is 292 g/mol. The lowest BCUT2D eigenvalue weighted by molar-refractivity contribution is 0.0936. The molecule has 0 amide bonds. The van der Waals surface area contributed by atoms with Gasteiger partial charge in [-0.2, -0.15) is 4.31 Å². The highest BCUT2D eigenvalue weighted by Gasteiger charge is 2.39. The summed E-state index contributed by atoms with van der Waals surface area (Å²) in [6.07, 6.45) is -0.314. The van der Waals surface area contributed by atoms with Gasteiger partial charge < -0.3 is 19.0 Å². The molecule has 0 spiro atoms. The van der Waals surface area contributed by atoms with E-state index in [0.29, 0.717) is 12.8 Å². The molecule has 11 heteroatoms. The minimum atomic E-state index is -5.12. The van der Waals surface area contributed by atoms with Crippen molar-refractivity contribution in [1.29, 1.82) is 0 Å². The Hall–Kier alpha value is -0.430. The minimum absolute atomic E-state index is 0.148. The van der Waals surface area contributed by atoms with Crippen molar-refractivity contribution in [2.24, 2.45) is 0 Å². The molecule has 17 heavy (non-hydrogen) atoms. The molecule has 2 N–H and O–H groups in total. The maximum absolute atomic E-state index is 11.6. The third kappa shape index (κ3) is 8.31. The van der Waals surface area contributed by atoms with E-state index < -0.39 is 21.8 Å². The Bertz CT molecular complexity index is 334. The molecule has 0 saturated carbocycles. The minimum Gasteiger partial charge on any atom is -0.437 e. The molecule has 0 rings (SSSR count). The second-order valence-electron chi connectivity index (χ2n) is 2.75. The highest BCUT2D eigenvalue weighted by molar-refractivity contribution is 7.61. The van der Waals surface area contributed by atoms with Gasteiger partial charge in [0.1, 0.15) is 0 Å². The zero-order valence-electron chi connectivity index (χ0n) is 9.27. The fraction of sp³-hybridized carbons (Fsp3) is 0.833. The quantitative estimate of drug-likeness (QED) is 0.410. The first kappa shape index (κ1) is 16.6. The van der Waals surface area contributed by atoms with E-state index in [1.165, 1.54) is 0 Å². The smallest absolute Gasteiger partial charge is 0.437 e. The number of phosphoric ester groups is 1. The van der Waals surface area contributed by atoms with Crippen LogP contribution in [0, 0.1) is 0 Å². The number of methoxy groups -OCH3 is 1. The van der Waals surface area contributed by atoms with E-state index in [1.54, 1.807) is 6.92 Å². The van der Waals surface area contributed by atoms with Gasteiger partial charge in [0.25, 0.3) is 0 Å². The van der Waals surface area contributed by atoms with Crippen LogP contribution >= 0.6 is 15.6 Å². The number of rotatable bonds is 7. The van der Waals surface area contributed by atoms with Gasteiger partial charge in [0.15, 0.2) is 0 Å². The Balaban J connectivity index is 4.63. The second-order valence-corrected chi connectivity index (χ2v) is 5.72. The molecule has 0 aliphatic rings. The Morgan fingerprint density at radius 1 is 1.29 bits per heavy atom. The lowest BCUT2D eigenvalue weighted by atomic mass is 10.4. The van der Waals surface area contributed by atoms with E-state index in [4.69, 9.17) is 9.79 Å². The number of carbonyl (C=O) groups excluding carboxylic acids is 1. The zero-order chi connectivity index (χ0) is 13.5. The Morgan fingerprint density at radius 3 is 2.29 bits per heavy atom. The number of carbonyl (C=O) groups is 1. The maximum Gasteiger partial charge on any atom is 0.543 e. The molecule has 1 unspecified atom stereocenters. The molecule has 0 aliphatic carbocycles. The standard InChI is InChI=1S/C6H14O9P2/c1-3-4-5-13-17(11,14-6(7)12-2)15-16(8,9)10/h3-5H2,1-2H3,(H2,8,9,10). The Kier molecular flexibility index (Phi) is 6.92. The fourth-order valence-corrected chi connectivity index (χ4v) is 2.67. The van der Waals surface area contributed by atoms with Crippen LogP contribution in [0.4, 0.5) is 4.79 Å². The molecule has 102 valence electrons. The average Bonchev–Trinajstić information content (AvgIpc) is 2.14. The number of hydrogen-bond acceptors (Lipinski definition) is 7. The van der Waals surface area contributed by atoms with Crippen LogP contribution in [0.25, 0.3) is 0 Å². The molecule has 0 fully saturated rings. The van der Waals surface area contributed by atoms with Gasteiger partial charge in [-0.15, -0.1) is 0 Å². The van der Waals surface area contributed by atoms with Crippen molar-refractivity contribution in [3.8, 4) is 0 Å². The molecule has 0 radical (unpaired) electrons. The molecular weight excluding hydrogens is 278 g/mol. The van der Waals surface area contributed by atoms with Crippen LogP contribution in [-0.2, 0) is 27.2 Å². The van der Waals surface area contributed by atoms with Crippen molar-refractivity contribution in [1.82, 2.24) is 0 Å². The topological polar surface area (TPSA) is 129 Å². The second kappa shape index (κ2) is 7.10. The lowest BCUT2D eigenvalue weighted by Crippen LogP contribution is -2.07. The van der Waals surface area contributed by atoms with Gasteiger partial charge in [-0.3, -0.25) is 4.52 Å². The van der Waals surface area contributed by atoms with Crippen molar-refractivity contribution < 1.29 is 41.8 Å².